The van der Waals surface area contributed by atoms with Crippen LogP contribution in [0.25, 0.3) is 10.9 Å². The summed E-state index contributed by atoms with van der Waals surface area (Å²) in [5.41, 5.74) is 0.895. The summed E-state index contributed by atoms with van der Waals surface area (Å²) in [4.78, 5) is 19.1. The van der Waals surface area contributed by atoms with Gasteiger partial charge in [-0.15, -0.1) is 0 Å². The molecule has 0 amide bonds. The molecule has 24 heavy (non-hydrogen) atoms. The quantitative estimate of drug-likeness (QED) is 0.734. The highest BCUT2D eigenvalue weighted by atomic mass is 35.5. The third-order valence-electron chi connectivity index (χ3n) is 3.40. The molecule has 1 aromatic carbocycles. The number of aromatic nitrogens is 2. The lowest BCUT2D eigenvalue weighted by Crippen LogP contribution is -2.01. The Balaban J connectivity index is 1.97. The number of pyridine rings is 1. The Morgan fingerprint density at radius 2 is 2.12 bits per heavy atom. The Morgan fingerprint density at radius 1 is 1.33 bits per heavy atom. The zero-order valence-electron chi connectivity index (χ0n) is 12.3. The zero-order valence-corrected chi connectivity index (χ0v) is 13.0. The van der Waals surface area contributed by atoms with E-state index in [4.69, 9.17) is 26.2 Å². The number of carboxylic acid groups (broad SMARTS) is 1. The minimum absolute atomic E-state index is 0.0662. The van der Waals surface area contributed by atoms with Crippen molar-refractivity contribution in [3.05, 3.63) is 58.1 Å². The van der Waals surface area contributed by atoms with Gasteiger partial charge in [0.2, 0.25) is 5.76 Å². The van der Waals surface area contributed by atoms with Gasteiger partial charge in [0.15, 0.2) is 5.89 Å². The van der Waals surface area contributed by atoms with E-state index in [0.717, 1.165) is 0 Å². The second-order valence-electron chi connectivity index (χ2n) is 5.14. The molecule has 3 rings (SSSR count). The summed E-state index contributed by atoms with van der Waals surface area (Å²) in [6, 6.07) is 4.57. The smallest absolute Gasteiger partial charge is 0.373 e. The fraction of sp³-hybridized carbons (Fsp3) is 0.188. The van der Waals surface area contributed by atoms with Gasteiger partial charge in [-0.3, -0.25) is 4.98 Å². The summed E-state index contributed by atoms with van der Waals surface area (Å²) in [5.74, 6) is -1.97. The fourth-order valence-corrected chi connectivity index (χ4v) is 2.60. The largest absolute Gasteiger partial charge is 0.475 e. The second kappa shape index (κ2) is 6.54. The number of nitrogens with zero attached hydrogens (tertiary/aromatic N) is 2. The SMILES string of the molecule is O=C(O)c1oc(Cc2cc(F)c3ncc(Cl)cc3c2)nc1CCO. The Hall–Kier alpha value is -2.51. The Morgan fingerprint density at radius 3 is 2.83 bits per heavy atom. The second-order valence-corrected chi connectivity index (χ2v) is 5.58. The molecule has 124 valence electrons. The molecule has 0 radical (unpaired) electrons. The van der Waals surface area contributed by atoms with Crippen LogP contribution in [0.5, 0.6) is 0 Å². The van der Waals surface area contributed by atoms with Crippen molar-refractivity contribution in [1.82, 2.24) is 9.97 Å². The minimum Gasteiger partial charge on any atom is -0.475 e. The number of aliphatic hydroxyl groups is 1. The Kier molecular flexibility index (Phi) is 4.46. The molecule has 0 aliphatic heterocycles. The topological polar surface area (TPSA) is 96.5 Å². The molecule has 0 spiro atoms. The maximum absolute atomic E-state index is 14.1. The average Bonchev–Trinajstić information content (AvgIpc) is 2.90. The van der Waals surface area contributed by atoms with Crippen LogP contribution in [0.4, 0.5) is 4.39 Å². The Labute approximate surface area is 140 Å². The Bertz CT molecular complexity index is 926. The summed E-state index contributed by atoms with van der Waals surface area (Å²) in [6.07, 6.45) is 1.53. The van der Waals surface area contributed by atoms with Crippen LogP contribution < -0.4 is 0 Å². The summed E-state index contributed by atoms with van der Waals surface area (Å²) in [6.45, 7) is -0.249. The van der Waals surface area contributed by atoms with Crippen LogP contribution in [0.1, 0.15) is 27.7 Å². The number of hydrogen-bond acceptors (Lipinski definition) is 5. The van der Waals surface area contributed by atoms with Crippen LogP contribution in [0.3, 0.4) is 0 Å². The number of oxazole rings is 1. The minimum atomic E-state index is -1.27. The summed E-state index contributed by atoms with van der Waals surface area (Å²) >= 11 is 5.87. The molecule has 3 aromatic rings. The molecule has 0 atom stereocenters. The monoisotopic (exact) mass is 350 g/mol. The molecular formula is C16H12ClFN2O4. The summed E-state index contributed by atoms with van der Waals surface area (Å²) in [7, 11) is 0. The van der Waals surface area contributed by atoms with Crippen LogP contribution in [0.15, 0.2) is 28.8 Å². The van der Waals surface area contributed by atoms with Gasteiger partial charge in [0, 0.05) is 31.0 Å². The lowest BCUT2D eigenvalue weighted by atomic mass is 10.1. The van der Waals surface area contributed by atoms with E-state index in [9.17, 15) is 9.18 Å². The van der Waals surface area contributed by atoms with Gasteiger partial charge in [-0.1, -0.05) is 11.6 Å². The highest BCUT2D eigenvalue weighted by molar-refractivity contribution is 6.31. The summed E-state index contributed by atoms with van der Waals surface area (Å²) in [5, 5.41) is 19.0. The molecule has 0 unspecified atom stereocenters. The van der Waals surface area contributed by atoms with Crippen LogP contribution >= 0.6 is 11.6 Å². The number of carboxylic acids is 1. The number of hydrogen-bond donors (Lipinski definition) is 2. The number of rotatable bonds is 5. The van der Waals surface area contributed by atoms with Crippen molar-refractivity contribution in [3.63, 3.8) is 0 Å². The van der Waals surface area contributed by atoms with Crippen LogP contribution in [0.2, 0.25) is 5.02 Å². The van der Waals surface area contributed by atoms with Gasteiger partial charge in [0.05, 0.1) is 10.7 Å². The molecule has 0 bridgehead atoms. The van der Waals surface area contributed by atoms with Gasteiger partial charge in [0.1, 0.15) is 11.3 Å². The first-order valence-electron chi connectivity index (χ1n) is 7.04. The van der Waals surface area contributed by atoms with Crippen molar-refractivity contribution in [3.8, 4) is 0 Å². The van der Waals surface area contributed by atoms with E-state index < -0.39 is 11.8 Å². The summed E-state index contributed by atoms with van der Waals surface area (Å²) < 4.78 is 19.4. The van der Waals surface area contributed by atoms with Crippen molar-refractivity contribution in [2.45, 2.75) is 12.8 Å². The first-order chi connectivity index (χ1) is 11.5. The standard InChI is InChI=1S/C16H12ClFN2O4/c17-10-6-9-3-8(4-11(18)14(9)19-7-10)5-13-20-12(1-2-21)15(24-13)16(22)23/h3-4,6-7,21H,1-2,5H2,(H,22,23). The lowest BCUT2D eigenvalue weighted by Gasteiger charge is -2.03. The predicted octanol–water partition coefficient (Wildman–Crippen LogP) is 2.84. The molecule has 0 aliphatic carbocycles. The van der Waals surface area contributed by atoms with Crippen LogP contribution in [0, 0.1) is 5.82 Å². The van der Waals surface area contributed by atoms with Crippen LogP contribution in [-0.2, 0) is 12.8 Å². The van der Waals surface area contributed by atoms with Gasteiger partial charge in [-0.2, -0.15) is 0 Å². The number of aromatic carboxylic acids is 1. The molecule has 8 heteroatoms. The zero-order chi connectivity index (χ0) is 17.3. The lowest BCUT2D eigenvalue weighted by molar-refractivity contribution is 0.0658. The number of benzene rings is 1. The van der Waals surface area contributed by atoms with Gasteiger partial charge in [-0.25, -0.2) is 14.2 Å². The van der Waals surface area contributed by atoms with Crippen molar-refractivity contribution in [2.24, 2.45) is 0 Å². The maximum atomic E-state index is 14.1. The van der Waals surface area contributed by atoms with E-state index in [0.29, 0.717) is 16.0 Å². The molecule has 2 heterocycles. The maximum Gasteiger partial charge on any atom is 0.373 e. The molecule has 0 aliphatic rings. The third-order valence-corrected chi connectivity index (χ3v) is 3.61. The van der Waals surface area contributed by atoms with Gasteiger partial charge < -0.3 is 14.6 Å². The fourth-order valence-electron chi connectivity index (χ4n) is 2.43. The van der Waals surface area contributed by atoms with Gasteiger partial charge >= 0.3 is 5.97 Å². The number of carbonyl (C=O) groups is 1. The van der Waals surface area contributed by atoms with Crippen molar-refractivity contribution < 1.29 is 23.8 Å². The van der Waals surface area contributed by atoms with E-state index >= 15 is 0 Å². The van der Waals surface area contributed by atoms with E-state index in [1.807, 2.05) is 0 Å². The average molecular weight is 351 g/mol. The molecule has 0 saturated carbocycles. The van der Waals surface area contributed by atoms with E-state index in [-0.39, 0.29) is 42.3 Å². The molecule has 0 fully saturated rings. The number of aliphatic hydroxyl groups excluding tert-OH is 1. The van der Waals surface area contributed by atoms with Gasteiger partial charge in [-0.05, 0) is 23.8 Å². The molecular weight excluding hydrogens is 339 g/mol. The number of fused-ring (bicyclic) bond motifs is 1. The number of halogens is 2. The van der Waals surface area contributed by atoms with E-state index in [1.165, 1.54) is 12.3 Å². The normalized spacial score (nSPS) is 11.1. The highest BCUT2D eigenvalue weighted by Gasteiger charge is 2.19. The van der Waals surface area contributed by atoms with Crippen molar-refractivity contribution in [2.75, 3.05) is 6.61 Å². The van der Waals surface area contributed by atoms with E-state index in [2.05, 4.69) is 9.97 Å². The van der Waals surface area contributed by atoms with Crippen molar-refractivity contribution in [1.29, 1.82) is 0 Å². The molecule has 2 N–H and O–H groups in total. The first-order valence-corrected chi connectivity index (χ1v) is 7.42. The van der Waals surface area contributed by atoms with E-state index in [1.54, 1.807) is 12.1 Å². The van der Waals surface area contributed by atoms with Crippen molar-refractivity contribution >= 4 is 28.5 Å². The molecule has 0 saturated heterocycles. The van der Waals surface area contributed by atoms with Gasteiger partial charge in [0.25, 0.3) is 0 Å². The third kappa shape index (κ3) is 3.22. The predicted molar refractivity (Wildman–Crippen MR) is 83.8 cm³/mol. The highest BCUT2D eigenvalue weighted by Crippen LogP contribution is 2.23. The molecule has 6 nitrogen and oxygen atoms in total. The van der Waals surface area contributed by atoms with Crippen LogP contribution in [-0.4, -0.2) is 32.8 Å². The first kappa shape index (κ1) is 16.4. The molecule has 2 aromatic heterocycles.